The molecule has 1 N–H and O–H groups in total. The van der Waals surface area contributed by atoms with Crippen LogP contribution in [0.5, 0.6) is 0 Å². The zero-order chi connectivity index (χ0) is 31.3. The first-order valence-corrected chi connectivity index (χ1v) is 12.7. The van der Waals surface area contributed by atoms with E-state index < -0.39 is 43.1 Å². The van der Waals surface area contributed by atoms with Crippen molar-refractivity contribution < 1.29 is 82.5 Å². The third-order valence-electron chi connectivity index (χ3n) is 4.73. The van der Waals surface area contributed by atoms with E-state index in [1.165, 1.54) is 0 Å². The summed E-state index contributed by atoms with van der Waals surface area (Å²) in [6.45, 7) is 3.87. The average Bonchev–Trinajstić information content (AvgIpc) is 2.87. The molecule has 0 aromatic carbocycles. The van der Waals surface area contributed by atoms with Crippen molar-refractivity contribution in [2.24, 2.45) is 0 Å². The predicted molar refractivity (Wildman–Crippen MR) is 124 cm³/mol. The molecular formula is C23H39F9O9. The van der Waals surface area contributed by atoms with Crippen LogP contribution in [0.4, 0.5) is 39.5 Å². The Kier molecular flexibility index (Phi) is 21.1. The molecule has 1 unspecified atom stereocenters. The molecule has 0 aromatic heterocycles. The van der Waals surface area contributed by atoms with Crippen molar-refractivity contribution in [1.82, 2.24) is 0 Å². The molecule has 0 amide bonds. The first-order chi connectivity index (χ1) is 19.2. The van der Waals surface area contributed by atoms with E-state index in [1.807, 2.05) is 0 Å². The highest BCUT2D eigenvalue weighted by molar-refractivity contribution is 5.00. The molecule has 0 spiro atoms. The molecule has 0 bridgehead atoms. The maximum atomic E-state index is 13.3. The van der Waals surface area contributed by atoms with Gasteiger partial charge in [-0.3, -0.25) is 0 Å². The fraction of sp³-hybridized carbons (Fsp3) is 1.00. The van der Waals surface area contributed by atoms with Gasteiger partial charge in [0.2, 0.25) is 0 Å². The molecule has 0 fully saturated rings. The van der Waals surface area contributed by atoms with Crippen molar-refractivity contribution >= 4 is 0 Å². The molecule has 0 saturated heterocycles. The number of halogens is 9. The monoisotopic (exact) mass is 630 g/mol. The second kappa shape index (κ2) is 21.7. The second-order valence-electron chi connectivity index (χ2n) is 8.31. The van der Waals surface area contributed by atoms with Crippen molar-refractivity contribution in [3.05, 3.63) is 0 Å². The maximum absolute atomic E-state index is 13.3. The summed E-state index contributed by atoms with van der Waals surface area (Å²) in [4.78, 5) is 0. The van der Waals surface area contributed by atoms with Crippen LogP contribution in [-0.2, 0) is 37.9 Å². The fourth-order valence-corrected chi connectivity index (χ4v) is 2.56. The van der Waals surface area contributed by atoms with Crippen LogP contribution < -0.4 is 0 Å². The molecule has 18 heteroatoms. The Balaban J connectivity index is 3.47. The van der Waals surface area contributed by atoms with Gasteiger partial charge in [-0.2, -0.15) is 39.5 Å². The average molecular weight is 631 g/mol. The second-order valence-corrected chi connectivity index (χ2v) is 8.31. The van der Waals surface area contributed by atoms with Gasteiger partial charge in [-0.15, -0.1) is 0 Å². The first kappa shape index (κ1) is 40.0. The Morgan fingerprint density at radius 1 is 0.439 bits per heavy atom. The predicted octanol–water partition coefficient (Wildman–Crippen LogP) is 3.36. The molecule has 41 heavy (non-hydrogen) atoms. The number of aliphatic hydroxyl groups excluding tert-OH is 1. The highest BCUT2D eigenvalue weighted by Gasteiger charge is 2.81. The summed E-state index contributed by atoms with van der Waals surface area (Å²) in [5.41, 5.74) is 0. The lowest BCUT2D eigenvalue weighted by atomic mass is 10.0. The van der Waals surface area contributed by atoms with Crippen LogP contribution in [0.25, 0.3) is 0 Å². The molecule has 0 rings (SSSR count). The lowest BCUT2D eigenvalue weighted by Gasteiger charge is -2.33. The summed E-state index contributed by atoms with van der Waals surface area (Å²) in [5, 5.41) is 9.01. The van der Waals surface area contributed by atoms with Gasteiger partial charge in [0.25, 0.3) is 0 Å². The van der Waals surface area contributed by atoms with Gasteiger partial charge in [-0.25, -0.2) is 0 Å². The van der Waals surface area contributed by atoms with Crippen LogP contribution in [0.15, 0.2) is 0 Å². The Bertz CT molecular complexity index is 628. The van der Waals surface area contributed by atoms with Crippen LogP contribution in [-0.4, -0.2) is 141 Å². The third kappa shape index (κ3) is 17.7. The third-order valence-corrected chi connectivity index (χ3v) is 4.73. The summed E-state index contributed by atoms with van der Waals surface area (Å²) in [5.74, 6) is -19.2. The Hall–Kier alpha value is -0.990. The van der Waals surface area contributed by atoms with Crippen molar-refractivity contribution in [3.8, 4) is 0 Å². The lowest BCUT2D eigenvalue weighted by Crippen LogP contribution is -2.61. The maximum Gasteiger partial charge on any atom is 0.460 e. The highest BCUT2D eigenvalue weighted by Crippen LogP contribution is 2.53. The first-order valence-electron chi connectivity index (χ1n) is 12.7. The Morgan fingerprint density at radius 2 is 0.707 bits per heavy atom. The van der Waals surface area contributed by atoms with Crippen molar-refractivity contribution in [3.63, 3.8) is 0 Å². The zero-order valence-electron chi connectivity index (χ0n) is 22.7. The zero-order valence-corrected chi connectivity index (χ0v) is 22.7. The number of alkyl halides is 9. The molecule has 0 aromatic rings. The van der Waals surface area contributed by atoms with E-state index >= 15 is 0 Å². The van der Waals surface area contributed by atoms with Crippen molar-refractivity contribution in [1.29, 1.82) is 0 Å². The van der Waals surface area contributed by atoms with E-state index in [4.69, 9.17) is 38.3 Å². The van der Waals surface area contributed by atoms with Gasteiger partial charge in [0, 0.05) is 6.42 Å². The molecule has 0 saturated carbocycles. The molecule has 0 radical (unpaired) electrons. The van der Waals surface area contributed by atoms with Gasteiger partial charge in [0.05, 0.1) is 112 Å². The minimum atomic E-state index is -6.91. The SMILES string of the molecule is CC(O)COCCOCCOCCOCCOCCOCCOCCOCCC(F)(F)C(F)(F)C(F)(F)C(F)(F)F. The summed E-state index contributed by atoms with van der Waals surface area (Å²) in [6.07, 6.45) is -9.40. The number of aliphatic hydroxyl groups is 1. The van der Waals surface area contributed by atoms with E-state index in [2.05, 4.69) is 4.74 Å². The number of ether oxygens (including phenoxy) is 8. The van der Waals surface area contributed by atoms with E-state index in [1.54, 1.807) is 6.92 Å². The Morgan fingerprint density at radius 3 is 0.976 bits per heavy atom. The molecule has 0 aliphatic carbocycles. The van der Waals surface area contributed by atoms with Crippen LogP contribution in [0.3, 0.4) is 0 Å². The summed E-state index contributed by atoms with van der Waals surface area (Å²) >= 11 is 0. The molecule has 1 atom stereocenters. The topological polar surface area (TPSA) is 94.1 Å². The van der Waals surface area contributed by atoms with Crippen LogP contribution in [0, 0.1) is 0 Å². The van der Waals surface area contributed by atoms with Crippen molar-refractivity contribution in [2.45, 2.75) is 43.4 Å². The van der Waals surface area contributed by atoms with E-state index in [0.29, 0.717) is 52.9 Å². The summed E-state index contributed by atoms with van der Waals surface area (Å²) in [6, 6.07) is 0. The van der Waals surface area contributed by atoms with Crippen LogP contribution in [0.1, 0.15) is 13.3 Å². The smallest absolute Gasteiger partial charge is 0.391 e. The number of rotatable bonds is 28. The van der Waals surface area contributed by atoms with E-state index in [0.717, 1.165) is 0 Å². The Labute approximate surface area is 232 Å². The van der Waals surface area contributed by atoms with Crippen LogP contribution >= 0.6 is 0 Å². The van der Waals surface area contributed by atoms with Gasteiger partial charge in [0.1, 0.15) is 0 Å². The molecular weight excluding hydrogens is 591 g/mol. The molecule has 0 aliphatic rings. The fourth-order valence-electron chi connectivity index (χ4n) is 2.56. The number of hydrogen-bond donors (Lipinski definition) is 1. The van der Waals surface area contributed by atoms with Gasteiger partial charge >= 0.3 is 23.9 Å². The molecule has 248 valence electrons. The van der Waals surface area contributed by atoms with Crippen LogP contribution in [0.2, 0.25) is 0 Å². The van der Waals surface area contributed by atoms with Gasteiger partial charge in [-0.1, -0.05) is 0 Å². The summed E-state index contributed by atoms with van der Waals surface area (Å²) in [7, 11) is 0. The van der Waals surface area contributed by atoms with E-state index in [-0.39, 0.29) is 46.2 Å². The largest absolute Gasteiger partial charge is 0.460 e. The highest BCUT2D eigenvalue weighted by atomic mass is 19.4. The van der Waals surface area contributed by atoms with Gasteiger partial charge in [0.15, 0.2) is 0 Å². The normalized spacial score (nSPS) is 14.1. The quantitative estimate of drug-likeness (QED) is 0.103. The van der Waals surface area contributed by atoms with E-state index in [9.17, 15) is 39.5 Å². The van der Waals surface area contributed by atoms with Gasteiger partial charge < -0.3 is 43.0 Å². The minimum absolute atomic E-state index is 0.0559. The lowest BCUT2D eigenvalue weighted by molar-refractivity contribution is -0.397. The van der Waals surface area contributed by atoms with Crippen molar-refractivity contribution in [2.75, 3.05) is 106 Å². The number of hydrogen-bond acceptors (Lipinski definition) is 9. The standard InChI is InChI=1S/C23H39F9O9/c1-19(33)18-41-17-16-40-15-14-39-13-12-38-11-10-37-9-8-36-7-6-35-5-4-34-3-2-20(24,25)21(26,27)22(28,29)23(30,31)32/h19,33H,2-18H2,1H3. The molecule has 9 nitrogen and oxygen atoms in total. The minimum Gasteiger partial charge on any atom is -0.391 e. The summed E-state index contributed by atoms with van der Waals surface area (Å²) < 4.78 is 156. The molecule has 0 aliphatic heterocycles. The van der Waals surface area contributed by atoms with Gasteiger partial charge in [-0.05, 0) is 6.92 Å². The molecule has 0 heterocycles.